The molecule has 186 valence electrons. The number of carbonyl (C=O) groups is 1. The number of halogens is 6. The van der Waals surface area contributed by atoms with E-state index in [4.69, 9.17) is 4.42 Å². The smallest absolute Gasteiger partial charge is 0.418 e. The molecule has 0 atom stereocenters. The van der Waals surface area contributed by atoms with Gasteiger partial charge in [-0.3, -0.25) is 4.79 Å². The molecule has 0 unspecified atom stereocenters. The zero-order valence-electron chi connectivity index (χ0n) is 17.7. The first-order valence-corrected chi connectivity index (χ1v) is 9.99. The second-order valence-corrected chi connectivity index (χ2v) is 7.25. The fraction of sp³-hybridized carbons (Fsp3) is 0.0833. The number of nitrogens with one attached hydrogen (secondary N) is 1. The zero-order chi connectivity index (χ0) is 26.1. The van der Waals surface area contributed by atoms with E-state index in [0.717, 1.165) is 18.2 Å². The van der Waals surface area contributed by atoms with Crippen molar-refractivity contribution < 1.29 is 45.0 Å². The molecule has 0 saturated heterocycles. The lowest BCUT2D eigenvalue weighted by Gasteiger charge is -2.14. The number of rotatable bonds is 5. The van der Waals surface area contributed by atoms with Gasteiger partial charge < -0.3 is 19.2 Å². The molecule has 4 rings (SSSR count). The van der Waals surface area contributed by atoms with Gasteiger partial charge in [0.2, 0.25) is 0 Å². The van der Waals surface area contributed by atoms with Crippen LogP contribution in [0, 0.1) is 0 Å². The third-order valence-electron chi connectivity index (χ3n) is 4.74. The summed E-state index contributed by atoms with van der Waals surface area (Å²) < 4.78 is 88.9. The maximum absolute atomic E-state index is 12.7. The van der Waals surface area contributed by atoms with E-state index in [1.807, 2.05) is 0 Å². The molecule has 4 aromatic rings. The first kappa shape index (κ1) is 24.6. The lowest BCUT2D eigenvalue weighted by Crippen LogP contribution is -2.21. The summed E-state index contributed by atoms with van der Waals surface area (Å²) in [5, 5.41) is 2.42. The number of hydrogen-bond acceptors (Lipinski definition) is 5. The third-order valence-corrected chi connectivity index (χ3v) is 4.74. The summed E-state index contributed by atoms with van der Waals surface area (Å²) in [6, 6.07) is 15.6. The average molecular weight is 509 g/mol. The van der Waals surface area contributed by atoms with E-state index in [1.165, 1.54) is 54.6 Å². The van der Waals surface area contributed by atoms with Crippen LogP contribution in [0.1, 0.15) is 10.4 Å². The summed E-state index contributed by atoms with van der Waals surface area (Å²) in [5.41, 5.74) is -1.76. The molecule has 3 aromatic carbocycles. The quantitative estimate of drug-likeness (QED) is 0.245. The highest BCUT2D eigenvalue weighted by molar-refractivity contribution is 6.06. The lowest BCUT2D eigenvalue weighted by molar-refractivity contribution is -0.275. The normalized spacial score (nSPS) is 11.8. The predicted octanol–water partition coefficient (Wildman–Crippen LogP) is 6.51. The SMILES string of the molecule is O=C(Nc1cccc(-c2ccccc2OC(F)(F)F)c1)c1cc2cccc(OC(F)(F)F)c2oc1=O. The van der Waals surface area contributed by atoms with Crippen LogP contribution in [0.5, 0.6) is 11.5 Å². The fourth-order valence-electron chi connectivity index (χ4n) is 3.36. The van der Waals surface area contributed by atoms with Gasteiger partial charge in [0.25, 0.3) is 5.91 Å². The van der Waals surface area contributed by atoms with Crippen molar-refractivity contribution in [1.82, 2.24) is 0 Å². The molecule has 0 fully saturated rings. The number of hydrogen-bond donors (Lipinski definition) is 1. The number of fused-ring (bicyclic) bond motifs is 1. The second kappa shape index (κ2) is 9.29. The number of benzene rings is 3. The molecule has 0 aliphatic carbocycles. The minimum absolute atomic E-state index is 0.00604. The molecule has 1 aromatic heterocycles. The molecular formula is C24H13F6NO5. The van der Waals surface area contributed by atoms with Gasteiger partial charge in [0.1, 0.15) is 11.3 Å². The molecule has 1 amide bonds. The van der Waals surface area contributed by atoms with Crippen LogP contribution < -0.4 is 20.4 Å². The summed E-state index contributed by atoms with van der Waals surface area (Å²) in [4.78, 5) is 25.1. The van der Waals surface area contributed by atoms with Gasteiger partial charge in [-0.05, 0) is 35.9 Å². The zero-order valence-corrected chi connectivity index (χ0v) is 17.7. The van der Waals surface area contributed by atoms with Crippen molar-refractivity contribution in [2.24, 2.45) is 0 Å². The highest BCUT2D eigenvalue weighted by atomic mass is 19.4. The van der Waals surface area contributed by atoms with E-state index < -0.39 is 46.9 Å². The van der Waals surface area contributed by atoms with E-state index in [9.17, 15) is 35.9 Å². The molecule has 0 aliphatic heterocycles. The largest absolute Gasteiger partial charge is 0.573 e. The third kappa shape index (κ3) is 5.77. The van der Waals surface area contributed by atoms with Crippen molar-refractivity contribution in [2.45, 2.75) is 12.7 Å². The first-order valence-electron chi connectivity index (χ1n) is 9.99. The number of ether oxygens (including phenoxy) is 2. The molecule has 6 nitrogen and oxygen atoms in total. The van der Waals surface area contributed by atoms with E-state index in [1.54, 1.807) is 0 Å². The second-order valence-electron chi connectivity index (χ2n) is 7.25. The number of para-hydroxylation sites is 2. The van der Waals surface area contributed by atoms with Crippen molar-refractivity contribution in [3.63, 3.8) is 0 Å². The number of alkyl halides is 6. The summed E-state index contributed by atoms with van der Waals surface area (Å²) in [5.74, 6) is -2.17. The molecule has 12 heteroatoms. The Morgan fingerprint density at radius 1 is 0.778 bits per heavy atom. The Labute approximate surface area is 197 Å². The summed E-state index contributed by atoms with van der Waals surface area (Å²) in [6.07, 6.45) is -9.95. The molecule has 36 heavy (non-hydrogen) atoms. The highest BCUT2D eigenvalue weighted by Crippen LogP contribution is 2.35. The first-order chi connectivity index (χ1) is 16.9. The molecular weight excluding hydrogens is 496 g/mol. The number of carbonyl (C=O) groups excluding carboxylic acids is 1. The summed E-state index contributed by atoms with van der Waals surface area (Å²) in [7, 11) is 0. The Hall–Kier alpha value is -4.48. The van der Waals surface area contributed by atoms with Crippen LogP contribution in [0.3, 0.4) is 0 Å². The van der Waals surface area contributed by atoms with Crippen LogP contribution in [0.2, 0.25) is 0 Å². The standard InChI is InChI=1S/C24H13F6NO5/c25-23(26,27)35-18-9-2-1-8-16(18)13-5-3-7-15(11-13)31-21(32)17-12-14-6-4-10-19(36-24(28,29)30)20(14)34-22(17)33/h1-12H,(H,31,32). The Bertz CT molecular complexity index is 1490. The summed E-state index contributed by atoms with van der Waals surface area (Å²) >= 11 is 0. The van der Waals surface area contributed by atoms with Crippen molar-refractivity contribution in [3.8, 4) is 22.6 Å². The lowest BCUT2D eigenvalue weighted by atomic mass is 10.0. The molecule has 0 spiro atoms. The number of anilines is 1. The minimum atomic E-state index is -5.03. The molecule has 0 bridgehead atoms. The fourth-order valence-corrected chi connectivity index (χ4v) is 3.36. The van der Waals surface area contributed by atoms with Crippen LogP contribution in [0.4, 0.5) is 32.0 Å². The van der Waals surface area contributed by atoms with Crippen molar-refractivity contribution in [1.29, 1.82) is 0 Å². The monoisotopic (exact) mass is 509 g/mol. The van der Waals surface area contributed by atoms with E-state index >= 15 is 0 Å². The van der Waals surface area contributed by atoms with Gasteiger partial charge in [-0.15, -0.1) is 26.3 Å². The predicted molar refractivity (Wildman–Crippen MR) is 116 cm³/mol. The maximum atomic E-state index is 12.7. The molecule has 0 radical (unpaired) electrons. The van der Waals surface area contributed by atoms with Crippen molar-refractivity contribution >= 4 is 22.6 Å². The van der Waals surface area contributed by atoms with Crippen LogP contribution in [0.25, 0.3) is 22.1 Å². The van der Waals surface area contributed by atoms with E-state index in [-0.39, 0.29) is 22.2 Å². The van der Waals surface area contributed by atoms with Crippen LogP contribution >= 0.6 is 0 Å². The van der Waals surface area contributed by atoms with Gasteiger partial charge in [-0.1, -0.05) is 42.5 Å². The molecule has 1 N–H and O–H groups in total. The summed E-state index contributed by atoms with van der Waals surface area (Å²) in [6.45, 7) is 0. The van der Waals surface area contributed by atoms with E-state index in [2.05, 4.69) is 14.8 Å². The molecule has 0 aliphatic rings. The maximum Gasteiger partial charge on any atom is 0.573 e. The molecule has 1 heterocycles. The van der Waals surface area contributed by atoms with Gasteiger partial charge in [0.05, 0.1) is 0 Å². The van der Waals surface area contributed by atoms with Gasteiger partial charge in [0.15, 0.2) is 11.3 Å². The minimum Gasteiger partial charge on any atom is -0.418 e. The van der Waals surface area contributed by atoms with Crippen LogP contribution in [-0.2, 0) is 0 Å². The van der Waals surface area contributed by atoms with Crippen LogP contribution in [-0.4, -0.2) is 18.6 Å². The van der Waals surface area contributed by atoms with E-state index in [0.29, 0.717) is 0 Å². The molecule has 0 saturated carbocycles. The Morgan fingerprint density at radius 3 is 2.14 bits per heavy atom. The topological polar surface area (TPSA) is 77.8 Å². The van der Waals surface area contributed by atoms with Gasteiger partial charge in [-0.25, -0.2) is 4.79 Å². The van der Waals surface area contributed by atoms with Gasteiger partial charge in [-0.2, -0.15) is 0 Å². The highest BCUT2D eigenvalue weighted by Gasteiger charge is 2.33. The van der Waals surface area contributed by atoms with Crippen LogP contribution in [0.15, 0.2) is 82.0 Å². The van der Waals surface area contributed by atoms with Crippen molar-refractivity contribution in [3.05, 3.63) is 88.8 Å². The average Bonchev–Trinajstić information content (AvgIpc) is 2.77. The Kier molecular flexibility index (Phi) is 6.35. The Balaban J connectivity index is 1.63. The number of amides is 1. The van der Waals surface area contributed by atoms with Gasteiger partial charge >= 0.3 is 18.4 Å². The van der Waals surface area contributed by atoms with Gasteiger partial charge in [0, 0.05) is 16.6 Å². The van der Waals surface area contributed by atoms with Crippen molar-refractivity contribution in [2.75, 3.05) is 5.32 Å². The Morgan fingerprint density at radius 2 is 1.42 bits per heavy atom.